The van der Waals surface area contributed by atoms with Gasteiger partial charge in [0.05, 0.1) is 11.6 Å². The Bertz CT molecular complexity index is 993. The molecule has 0 spiro atoms. The van der Waals surface area contributed by atoms with Crippen LogP contribution in [0.1, 0.15) is 36.1 Å². The van der Waals surface area contributed by atoms with Gasteiger partial charge >= 0.3 is 0 Å². The number of aryl methyl sites for hydroxylation is 1. The number of fused-ring (bicyclic) bond motifs is 1. The molecule has 1 fully saturated rings. The molecule has 6 heteroatoms. The molecule has 4 rings (SSSR count). The number of aliphatic hydroxyl groups excluding tert-OH is 1. The molecule has 29 heavy (non-hydrogen) atoms. The van der Waals surface area contributed by atoms with Crippen molar-refractivity contribution in [2.75, 3.05) is 19.8 Å². The van der Waals surface area contributed by atoms with Crippen LogP contribution in [-0.2, 0) is 9.59 Å². The molecule has 0 aliphatic carbocycles. The number of hydrogen-bond acceptors (Lipinski definition) is 5. The van der Waals surface area contributed by atoms with Crippen molar-refractivity contribution in [3.05, 3.63) is 64.7 Å². The van der Waals surface area contributed by atoms with Gasteiger partial charge in [0, 0.05) is 12.1 Å². The quantitative estimate of drug-likeness (QED) is 0.488. The van der Waals surface area contributed by atoms with E-state index in [9.17, 15) is 14.7 Å². The lowest BCUT2D eigenvalue weighted by Gasteiger charge is -2.26. The van der Waals surface area contributed by atoms with E-state index >= 15 is 0 Å². The highest BCUT2D eigenvalue weighted by Gasteiger charge is 2.45. The maximum absolute atomic E-state index is 12.9. The van der Waals surface area contributed by atoms with E-state index in [4.69, 9.17) is 9.47 Å². The summed E-state index contributed by atoms with van der Waals surface area (Å²) in [4.78, 5) is 27.1. The summed E-state index contributed by atoms with van der Waals surface area (Å²) in [6.45, 7) is 5.22. The van der Waals surface area contributed by atoms with Gasteiger partial charge < -0.3 is 19.5 Å². The van der Waals surface area contributed by atoms with Crippen LogP contribution in [0.15, 0.2) is 48.0 Å². The van der Waals surface area contributed by atoms with Crippen LogP contribution in [0.4, 0.5) is 0 Å². The third-order valence-electron chi connectivity index (χ3n) is 5.21. The second-order valence-corrected chi connectivity index (χ2v) is 7.26. The Hall–Kier alpha value is -3.28. The first-order valence-corrected chi connectivity index (χ1v) is 9.76. The summed E-state index contributed by atoms with van der Waals surface area (Å²) in [5.74, 6) is -0.226. The van der Waals surface area contributed by atoms with Gasteiger partial charge in [-0.1, -0.05) is 42.8 Å². The van der Waals surface area contributed by atoms with Gasteiger partial charge in [0.25, 0.3) is 11.7 Å². The van der Waals surface area contributed by atoms with Crippen LogP contribution in [0.5, 0.6) is 11.5 Å². The van der Waals surface area contributed by atoms with Gasteiger partial charge in [-0.15, -0.1) is 0 Å². The number of rotatable bonds is 4. The predicted octanol–water partition coefficient (Wildman–Crippen LogP) is 3.60. The second-order valence-electron chi connectivity index (χ2n) is 7.26. The second kappa shape index (κ2) is 7.62. The van der Waals surface area contributed by atoms with E-state index < -0.39 is 17.7 Å². The van der Waals surface area contributed by atoms with Crippen LogP contribution in [0.2, 0.25) is 0 Å². The standard InChI is InChI=1S/C23H23NO5/c1-3-10-24-20(16-8-9-17-18(13-16)29-12-11-28-17)19(22(26)23(24)27)21(25)15-6-4-14(2)5-7-15/h4-9,13,20,25H,3,10-12H2,1-2H3/b21-19-. The van der Waals surface area contributed by atoms with Gasteiger partial charge in [0.15, 0.2) is 11.5 Å². The highest BCUT2D eigenvalue weighted by atomic mass is 16.6. The minimum absolute atomic E-state index is 0.101. The Morgan fingerprint density at radius 1 is 1.07 bits per heavy atom. The summed E-state index contributed by atoms with van der Waals surface area (Å²) in [7, 11) is 0. The molecule has 2 heterocycles. The number of hydrogen-bond donors (Lipinski definition) is 1. The van der Waals surface area contributed by atoms with Gasteiger partial charge in [-0.3, -0.25) is 9.59 Å². The van der Waals surface area contributed by atoms with E-state index in [2.05, 4.69) is 0 Å². The molecule has 1 N–H and O–H groups in total. The topological polar surface area (TPSA) is 76.1 Å². The van der Waals surface area contributed by atoms with Crippen molar-refractivity contribution in [2.45, 2.75) is 26.3 Å². The molecule has 1 atom stereocenters. The normalized spacial score (nSPS) is 20.2. The summed E-state index contributed by atoms with van der Waals surface area (Å²) in [6.07, 6.45) is 0.693. The third kappa shape index (κ3) is 3.35. The average molecular weight is 393 g/mol. The minimum Gasteiger partial charge on any atom is -0.507 e. The van der Waals surface area contributed by atoms with Crippen LogP contribution < -0.4 is 9.47 Å². The highest BCUT2D eigenvalue weighted by molar-refractivity contribution is 6.46. The maximum atomic E-state index is 12.9. The summed E-state index contributed by atoms with van der Waals surface area (Å²) >= 11 is 0. The van der Waals surface area contributed by atoms with Crippen molar-refractivity contribution in [1.29, 1.82) is 0 Å². The molecule has 150 valence electrons. The molecular formula is C23H23NO5. The molecule has 6 nitrogen and oxygen atoms in total. The van der Waals surface area contributed by atoms with Gasteiger partial charge in [-0.05, 0) is 31.0 Å². The number of benzene rings is 2. The first kappa shape index (κ1) is 19.1. The van der Waals surface area contributed by atoms with Crippen molar-refractivity contribution in [3.8, 4) is 11.5 Å². The zero-order valence-electron chi connectivity index (χ0n) is 16.5. The summed E-state index contributed by atoms with van der Waals surface area (Å²) in [5.41, 5.74) is 2.35. The monoisotopic (exact) mass is 393 g/mol. The molecule has 0 saturated carbocycles. The molecule has 1 saturated heterocycles. The fourth-order valence-electron chi connectivity index (χ4n) is 3.80. The summed E-state index contributed by atoms with van der Waals surface area (Å²) < 4.78 is 11.3. The van der Waals surface area contributed by atoms with Gasteiger partial charge in [0.1, 0.15) is 19.0 Å². The Morgan fingerprint density at radius 2 is 1.76 bits per heavy atom. The number of carbonyl (C=O) groups excluding carboxylic acids is 2. The molecule has 2 aromatic carbocycles. The molecule has 2 aliphatic rings. The van der Waals surface area contributed by atoms with E-state index in [-0.39, 0.29) is 11.3 Å². The van der Waals surface area contributed by atoms with Crippen molar-refractivity contribution < 1.29 is 24.2 Å². The van der Waals surface area contributed by atoms with Crippen LogP contribution in [0.25, 0.3) is 5.76 Å². The Kier molecular flexibility index (Phi) is 5.01. The molecular weight excluding hydrogens is 370 g/mol. The fourth-order valence-corrected chi connectivity index (χ4v) is 3.80. The number of aliphatic hydroxyl groups is 1. The molecule has 2 aliphatic heterocycles. The largest absolute Gasteiger partial charge is 0.507 e. The molecule has 0 aromatic heterocycles. The number of ketones is 1. The average Bonchev–Trinajstić information content (AvgIpc) is 2.99. The Labute approximate surface area is 169 Å². The Balaban J connectivity index is 1.86. The molecule has 1 unspecified atom stereocenters. The van der Waals surface area contributed by atoms with Crippen LogP contribution in [0.3, 0.4) is 0 Å². The SMILES string of the molecule is CCCN1C(=O)C(=O)/C(=C(\O)c2ccc(C)cc2)C1c1ccc2c(c1)OCCO2. The Morgan fingerprint density at radius 3 is 2.45 bits per heavy atom. The smallest absolute Gasteiger partial charge is 0.295 e. The number of amides is 1. The number of likely N-dealkylation sites (tertiary alicyclic amines) is 1. The van der Waals surface area contributed by atoms with Gasteiger partial charge in [-0.25, -0.2) is 0 Å². The van der Waals surface area contributed by atoms with E-state index in [0.717, 1.165) is 5.56 Å². The highest BCUT2D eigenvalue weighted by Crippen LogP contribution is 2.42. The third-order valence-corrected chi connectivity index (χ3v) is 5.21. The van der Waals surface area contributed by atoms with Gasteiger partial charge in [-0.2, -0.15) is 0 Å². The summed E-state index contributed by atoms with van der Waals surface area (Å²) in [5, 5.41) is 11.0. The fraction of sp³-hybridized carbons (Fsp3) is 0.304. The molecule has 2 aromatic rings. The lowest BCUT2D eigenvalue weighted by atomic mass is 9.94. The van der Waals surface area contributed by atoms with E-state index in [0.29, 0.717) is 48.8 Å². The zero-order chi connectivity index (χ0) is 20.5. The lowest BCUT2D eigenvalue weighted by Crippen LogP contribution is -2.30. The van der Waals surface area contributed by atoms with Crippen molar-refractivity contribution in [1.82, 2.24) is 4.90 Å². The van der Waals surface area contributed by atoms with Crippen molar-refractivity contribution >= 4 is 17.4 Å². The van der Waals surface area contributed by atoms with E-state index in [1.165, 1.54) is 4.90 Å². The molecule has 0 radical (unpaired) electrons. The summed E-state index contributed by atoms with van der Waals surface area (Å²) in [6, 6.07) is 11.9. The first-order valence-electron chi connectivity index (χ1n) is 9.76. The number of carbonyl (C=O) groups is 2. The number of ether oxygens (including phenoxy) is 2. The van der Waals surface area contributed by atoms with Crippen LogP contribution in [-0.4, -0.2) is 41.5 Å². The zero-order valence-corrected chi connectivity index (χ0v) is 16.5. The molecule has 1 amide bonds. The van der Waals surface area contributed by atoms with Crippen molar-refractivity contribution in [2.24, 2.45) is 0 Å². The maximum Gasteiger partial charge on any atom is 0.295 e. The lowest BCUT2D eigenvalue weighted by molar-refractivity contribution is -0.139. The van der Waals surface area contributed by atoms with Crippen molar-refractivity contribution in [3.63, 3.8) is 0 Å². The molecule has 0 bridgehead atoms. The number of nitrogens with zero attached hydrogens (tertiary/aromatic N) is 1. The van der Waals surface area contributed by atoms with E-state index in [1.807, 2.05) is 32.0 Å². The number of Topliss-reactive ketones (excluding diaryl/α,β-unsaturated/α-hetero) is 1. The van der Waals surface area contributed by atoms with Crippen LogP contribution >= 0.6 is 0 Å². The van der Waals surface area contributed by atoms with E-state index in [1.54, 1.807) is 24.3 Å². The van der Waals surface area contributed by atoms with Gasteiger partial charge in [0.2, 0.25) is 0 Å². The predicted molar refractivity (Wildman–Crippen MR) is 108 cm³/mol. The minimum atomic E-state index is -0.674. The first-order chi connectivity index (χ1) is 14.0. The van der Waals surface area contributed by atoms with Crippen LogP contribution in [0, 0.1) is 6.92 Å².